The van der Waals surface area contributed by atoms with Crippen LogP contribution in [0.1, 0.15) is 25.8 Å². The zero-order chi connectivity index (χ0) is 13.0. The van der Waals surface area contributed by atoms with E-state index in [0.29, 0.717) is 11.5 Å². The molecule has 0 fully saturated rings. The summed E-state index contributed by atoms with van der Waals surface area (Å²) in [6.45, 7) is 6.92. The first-order valence-electron chi connectivity index (χ1n) is 5.64. The molecule has 0 saturated carbocycles. The molecule has 1 N–H and O–H groups in total. The Morgan fingerprint density at radius 2 is 2.18 bits per heavy atom. The van der Waals surface area contributed by atoms with Crippen molar-refractivity contribution in [2.24, 2.45) is 5.92 Å². The number of benzene rings is 1. The van der Waals surface area contributed by atoms with Gasteiger partial charge in [0.1, 0.15) is 0 Å². The molecular weight excluding hydrogens is 284 g/mol. The fourth-order valence-corrected chi connectivity index (χ4v) is 1.90. The summed E-state index contributed by atoms with van der Waals surface area (Å²) in [6, 6.07) is 3.36. The van der Waals surface area contributed by atoms with Gasteiger partial charge >= 0.3 is 0 Å². The van der Waals surface area contributed by atoms with E-state index in [1.54, 1.807) is 13.0 Å². The van der Waals surface area contributed by atoms with Gasteiger partial charge in [0.15, 0.2) is 0 Å². The van der Waals surface area contributed by atoms with Crippen molar-refractivity contribution < 1.29 is 4.92 Å². The smallest absolute Gasteiger partial charge is 0.273 e. The van der Waals surface area contributed by atoms with Crippen molar-refractivity contribution in [1.82, 2.24) is 0 Å². The molecule has 0 amide bonds. The van der Waals surface area contributed by atoms with E-state index in [2.05, 4.69) is 35.1 Å². The van der Waals surface area contributed by atoms with E-state index in [-0.39, 0.29) is 10.6 Å². The van der Waals surface area contributed by atoms with Gasteiger partial charge in [-0.1, -0.05) is 20.3 Å². The maximum absolute atomic E-state index is 10.8. The number of rotatable bonds is 5. The normalized spacial score (nSPS) is 12.2. The predicted octanol–water partition coefficient (Wildman–Crippen LogP) is 4.12. The fourth-order valence-electron chi connectivity index (χ4n) is 1.43. The lowest BCUT2D eigenvalue weighted by molar-refractivity contribution is -0.385. The number of halogens is 1. The van der Waals surface area contributed by atoms with Gasteiger partial charge in [-0.25, -0.2) is 0 Å². The Labute approximate surface area is 110 Å². The Hall–Kier alpha value is -1.10. The topological polar surface area (TPSA) is 55.2 Å². The Kier molecular flexibility index (Phi) is 4.93. The second-order valence-corrected chi connectivity index (χ2v) is 5.12. The molecule has 0 aliphatic heterocycles. The van der Waals surface area contributed by atoms with E-state index < -0.39 is 0 Å². The summed E-state index contributed by atoms with van der Waals surface area (Å²) in [5.41, 5.74) is 1.73. The molecule has 5 heteroatoms. The molecule has 0 heterocycles. The molecule has 17 heavy (non-hydrogen) atoms. The Balaban J connectivity index is 2.88. The summed E-state index contributed by atoms with van der Waals surface area (Å²) in [5, 5.41) is 14.1. The van der Waals surface area contributed by atoms with Crippen LogP contribution in [0.5, 0.6) is 0 Å². The zero-order valence-corrected chi connectivity index (χ0v) is 11.9. The number of nitrogens with zero attached hydrogens (tertiary/aromatic N) is 1. The van der Waals surface area contributed by atoms with E-state index in [1.807, 2.05) is 6.07 Å². The highest BCUT2D eigenvalue weighted by atomic mass is 79.9. The van der Waals surface area contributed by atoms with Gasteiger partial charge in [-0.15, -0.1) is 0 Å². The van der Waals surface area contributed by atoms with Crippen LogP contribution in [0, 0.1) is 23.0 Å². The van der Waals surface area contributed by atoms with Gasteiger partial charge in [0.25, 0.3) is 5.69 Å². The molecular formula is C12H17BrN2O2. The predicted molar refractivity (Wildman–Crippen MR) is 73.5 cm³/mol. The van der Waals surface area contributed by atoms with Crippen LogP contribution in [-0.4, -0.2) is 11.5 Å². The first kappa shape index (κ1) is 14.0. The third-order valence-corrected chi connectivity index (χ3v) is 3.48. The minimum atomic E-state index is -0.363. The van der Waals surface area contributed by atoms with Gasteiger partial charge < -0.3 is 5.32 Å². The van der Waals surface area contributed by atoms with Crippen molar-refractivity contribution in [3.05, 3.63) is 32.3 Å². The summed E-state index contributed by atoms with van der Waals surface area (Å²) in [7, 11) is 0. The number of hydrogen-bond acceptors (Lipinski definition) is 3. The Bertz CT molecular complexity index is 421. The first-order valence-corrected chi connectivity index (χ1v) is 6.43. The van der Waals surface area contributed by atoms with Crippen molar-refractivity contribution in [3.8, 4) is 0 Å². The van der Waals surface area contributed by atoms with Gasteiger partial charge in [-0.2, -0.15) is 0 Å². The lowest BCUT2D eigenvalue weighted by Gasteiger charge is -2.13. The fraction of sp³-hybridized carbons (Fsp3) is 0.500. The Morgan fingerprint density at radius 3 is 2.71 bits per heavy atom. The molecule has 94 valence electrons. The van der Waals surface area contributed by atoms with E-state index in [1.165, 1.54) is 0 Å². The molecule has 0 saturated heterocycles. The van der Waals surface area contributed by atoms with E-state index in [0.717, 1.165) is 23.1 Å². The summed E-state index contributed by atoms with van der Waals surface area (Å²) in [5.74, 6) is 0.581. The largest absolute Gasteiger partial charge is 0.384 e. The number of nitro benzene ring substituents is 1. The van der Waals surface area contributed by atoms with Crippen molar-refractivity contribution in [1.29, 1.82) is 0 Å². The molecule has 1 atom stereocenters. The van der Waals surface area contributed by atoms with Crippen molar-refractivity contribution in [2.45, 2.75) is 27.2 Å². The maximum Gasteiger partial charge on any atom is 0.273 e. The molecule has 1 rings (SSSR count). The summed E-state index contributed by atoms with van der Waals surface area (Å²) >= 11 is 3.35. The molecule has 0 spiro atoms. The molecule has 1 aromatic rings. The van der Waals surface area contributed by atoms with Gasteiger partial charge in [0.05, 0.1) is 4.92 Å². The average Bonchev–Trinajstić information content (AvgIpc) is 2.28. The van der Waals surface area contributed by atoms with Crippen LogP contribution in [0.25, 0.3) is 0 Å². The molecule has 0 aliphatic carbocycles. The van der Waals surface area contributed by atoms with Gasteiger partial charge in [0.2, 0.25) is 0 Å². The minimum absolute atomic E-state index is 0.144. The number of anilines is 1. The number of aryl methyl sites for hydroxylation is 1. The third-order valence-electron chi connectivity index (χ3n) is 2.82. The van der Waals surface area contributed by atoms with E-state index >= 15 is 0 Å². The highest BCUT2D eigenvalue weighted by Gasteiger charge is 2.14. The molecule has 0 aromatic heterocycles. The first-order chi connectivity index (χ1) is 7.95. The highest BCUT2D eigenvalue weighted by Crippen LogP contribution is 2.30. The molecule has 0 bridgehead atoms. The summed E-state index contributed by atoms with van der Waals surface area (Å²) < 4.78 is 0.734. The van der Waals surface area contributed by atoms with Crippen LogP contribution in [0.3, 0.4) is 0 Å². The van der Waals surface area contributed by atoms with Crippen LogP contribution >= 0.6 is 15.9 Å². The van der Waals surface area contributed by atoms with Gasteiger partial charge in [-0.05, 0) is 34.8 Å². The monoisotopic (exact) mass is 300 g/mol. The Morgan fingerprint density at radius 1 is 1.53 bits per heavy atom. The summed E-state index contributed by atoms with van der Waals surface area (Å²) in [4.78, 5) is 10.4. The SMILES string of the molecule is CCC(C)CNc1cc(C)c([N+](=O)[O-])cc1Br. The third kappa shape index (κ3) is 3.70. The maximum atomic E-state index is 10.8. The lowest BCUT2D eigenvalue weighted by Crippen LogP contribution is -2.10. The molecule has 4 nitrogen and oxygen atoms in total. The zero-order valence-electron chi connectivity index (χ0n) is 10.3. The van der Waals surface area contributed by atoms with Crippen molar-refractivity contribution in [2.75, 3.05) is 11.9 Å². The second-order valence-electron chi connectivity index (χ2n) is 4.27. The number of hydrogen-bond donors (Lipinski definition) is 1. The van der Waals surface area contributed by atoms with Crippen LogP contribution in [0.15, 0.2) is 16.6 Å². The summed E-state index contributed by atoms with van der Waals surface area (Å²) in [6.07, 6.45) is 1.11. The quantitative estimate of drug-likeness (QED) is 0.657. The minimum Gasteiger partial charge on any atom is -0.384 e. The van der Waals surface area contributed by atoms with Crippen molar-refractivity contribution in [3.63, 3.8) is 0 Å². The van der Waals surface area contributed by atoms with Gasteiger partial charge in [0, 0.05) is 28.3 Å². The van der Waals surface area contributed by atoms with Crippen LogP contribution in [0.2, 0.25) is 0 Å². The number of nitrogens with one attached hydrogen (secondary N) is 1. The molecule has 1 unspecified atom stereocenters. The average molecular weight is 301 g/mol. The lowest BCUT2D eigenvalue weighted by atomic mass is 10.1. The van der Waals surface area contributed by atoms with Crippen LogP contribution in [0.4, 0.5) is 11.4 Å². The molecule has 0 aliphatic rings. The van der Waals surface area contributed by atoms with E-state index in [4.69, 9.17) is 0 Å². The van der Waals surface area contributed by atoms with Crippen LogP contribution < -0.4 is 5.32 Å². The second kappa shape index (κ2) is 6.00. The molecule has 0 radical (unpaired) electrons. The van der Waals surface area contributed by atoms with E-state index in [9.17, 15) is 10.1 Å². The van der Waals surface area contributed by atoms with Crippen LogP contribution in [-0.2, 0) is 0 Å². The highest BCUT2D eigenvalue weighted by molar-refractivity contribution is 9.10. The molecule has 1 aromatic carbocycles. The number of nitro groups is 1. The van der Waals surface area contributed by atoms with Crippen molar-refractivity contribution >= 4 is 27.3 Å². The van der Waals surface area contributed by atoms with Gasteiger partial charge in [-0.3, -0.25) is 10.1 Å². The standard InChI is InChI=1S/C12H17BrN2O2/c1-4-8(2)7-14-11-5-9(3)12(15(16)17)6-10(11)13/h5-6,8,14H,4,7H2,1-3H3.